The molecule has 0 radical (unpaired) electrons. The van der Waals surface area contributed by atoms with Gasteiger partial charge in [0.2, 0.25) is 10.0 Å². The summed E-state index contributed by atoms with van der Waals surface area (Å²) in [5.41, 5.74) is 0.142. The van der Waals surface area contributed by atoms with Crippen molar-refractivity contribution in [2.45, 2.75) is 30.8 Å². The van der Waals surface area contributed by atoms with E-state index in [1.165, 1.54) is 19.2 Å². The molecule has 2 N–H and O–H groups in total. The lowest BCUT2D eigenvalue weighted by Gasteiger charge is -2.35. The van der Waals surface area contributed by atoms with Crippen LogP contribution in [0.4, 0.5) is 11.4 Å². The van der Waals surface area contributed by atoms with Gasteiger partial charge in [-0.25, -0.2) is 13.1 Å². The Morgan fingerprint density at radius 1 is 1.48 bits per heavy atom. The summed E-state index contributed by atoms with van der Waals surface area (Å²) in [6, 6.07) is 3.90. The van der Waals surface area contributed by atoms with Crippen LogP contribution in [0.5, 0.6) is 0 Å². The van der Waals surface area contributed by atoms with E-state index in [9.17, 15) is 23.6 Å². The van der Waals surface area contributed by atoms with Gasteiger partial charge in [0.1, 0.15) is 5.69 Å². The van der Waals surface area contributed by atoms with Gasteiger partial charge >= 0.3 is 0 Å². The SMILES string of the molecule is CNS(=O)(=O)c1ccc(N2CCCC(C(C)O)C2)c([N+](=O)[O-])c1. The highest BCUT2D eigenvalue weighted by atomic mass is 32.2. The molecule has 9 heteroatoms. The number of hydrogen-bond donors (Lipinski definition) is 2. The Hall–Kier alpha value is -1.71. The van der Waals surface area contributed by atoms with E-state index in [-0.39, 0.29) is 16.5 Å². The average molecular weight is 343 g/mol. The van der Waals surface area contributed by atoms with Crippen LogP contribution in [0.1, 0.15) is 19.8 Å². The van der Waals surface area contributed by atoms with Crippen LogP contribution in [0, 0.1) is 16.0 Å². The van der Waals surface area contributed by atoms with Crippen molar-refractivity contribution in [3.8, 4) is 0 Å². The molecule has 128 valence electrons. The van der Waals surface area contributed by atoms with Gasteiger partial charge in [0.25, 0.3) is 5.69 Å². The Kier molecular flexibility index (Phi) is 5.23. The van der Waals surface area contributed by atoms with Crippen LogP contribution in [0.2, 0.25) is 0 Å². The molecule has 1 aliphatic heterocycles. The third-order valence-electron chi connectivity index (χ3n) is 4.20. The molecule has 1 aliphatic rings. The maximum atomic E-state index is 11.8. The Bertz CT molecular complexity index is 690. The minimum absolute atomic E-state index is 0.0454. The molecule has 1 aromatic carbocycles. The second kappa shape index (κ2) is 6.81. The van der Waals surface area contributed by atoms with Crippen LogP contribution in [-0.4, -0.2) is 44.7 Å². The van der Waals surface area contributed by atoms with Gasteiger partial charge in [-0.05, 0) is 38.9 Å². The van der Waals surface area contributed by atoms with Gasteiger partial charge in [-0.2, -0.15) is 0 Å². The molecule has 8 nitrogen and oxygen atoms in total. The zero-order valence-electron chi connectivity index (χ0n) is 13.1. The van der Waals surface area contributed by atoms with Crippen molar-refractivity contribution in [1.82, 2.24) is 4.72 Å². The summed E-state index contributed by atoms with van der Waals surface area (Å²) in [5, 5.41) is 21.1. The first-order chi connectivity index (χ1) is 10.8. The van der Waals surface area contributed by atoms with Crippen molar-refractivity contribution in [3.63, 3.8) is 0 Å². The number of nitrogens with zero attached hydrogens (tertiary/aromatic N) is 2. The van der Waals surface area contributed by atoms with E-state index in [1.54, 1.807) is 6.92 Å². The molecule has 2 rings (SSSR count). The number of rotatable bonds is 5. The van der Waals surface area contributed by atoms with Crippen molar-refractivity contribution >= 4 is 21.4 Å². The molecule has 1 aromatic rings. The second-order valence-corrected chi connectivity index (χ2v) is 7.59. The molecule has 0 amide bonds. The minimum Gasteiger partial charge on any atom is -0.393 e. The third kappa shape index (κ3) is 3.80. The zero-order valence-corrected chi connectivity index (χ0v) is 13.9. The first kappa shape index (κ1) is 17.6. The van der Waals surface area contributed by atoms with Crippen molar-refractivity contribution in [2.75, 3.05) is 25.0 Å². The summed E-state index contributed by atoms with van der Waals surface area (Å²) in [6.45, 7) is 2.87. The summed E-state index contributed by atoms with van der Waals surface area (Å²) in [4.78, 5) is 12.5. The normalized spacial score (nSPS) is 20.3. The Morgan fingerprint density at radius 2 is 2.17 bits per heavy atom. The predicted octanol–water partition coefficient (Wildman–Crippen LogP) is 1.10. The van der Waals surface area contributed by atoms with Crippen LogP contribution < -0.4 is 9.62 Å². The van der Waals surface area contributed by atoms with Crippen molar-refractivity contribution in [2.24, 2.45) is 5.92 Å². The van der Waals surface area contributed by atoms with E-state index in [0.717, 1.165) is 18.9 Å². The monoisotopic (exact) mass is 343 g/mol. The number of piperidine rings is 1. The molecule has 0 spiro atoms. The van der Waals surface area contributed by atoms with E-state index in [4.69, 9.17) is 0 Å². The Balaban J connectivity index is 2.41. The third-order valence-corrected chi connectivity index (χ3v) is 5.62. The molecule has 0 bridgehead atoms. The van der Waals surface area contributed by atoms with Crippen LogP contribution in [0.15, 0.2) is 23.1 Å². The fourth-order valence-corrected chi connectivity index (χ4v) is 3.57. The number of anilines is 1. The van der Waals surface area contributed by atoms with Gasteiger partial charge in [0.05, 0.1) is 15.9 Å². The zero-order chi connectivity index (χ0) is 17.2. The number of aliphatic hydroxyl groups excluding tert-OH is 1. The van der Waals surface area contributed by atoms with Gasteiger partial charge in [0.15, 0.2) is 0 Å². The van der Waals surface area contributed by atoms with Gasteiger partial charge in [-0.1, -0.05) is 0 Å². The van der Waals surface area contributed by atoms with E-state index in [2.05, 4.69) is 4.72 Å². The molecule has 0 aromatic heterocycles. The Labute approximate surface area is 135 Å². The van der Waals surface area contributed by atoms with E-state index in [1.807, 2.05) is 4.90 Å². The molecule has 0 saturated carbocycles. The fraction of sp³-hybridized carbons (Fsp3) is 0.571. The van der Waals surface area contributed by atoms with Crippen LogP contribution in [0.25, 0.3) is 0 Å². The molecule has 23 heavy (non-hydrogen) atoms. The number of sulfonamides is 1. The van der Waals surface area contributed by atoms with Crippen LogP contribution in [-0.2, 0) is 10.0 Å². The molecule has 0 aliphatic carbocycles. The minimum atomic E-state index is -3.74. The quantitative estimate of drug-likeness (QED) is 0.611. The van der Waals surface area contributed by atoms with Crippen LogP contribution in [0.3, 0.4) is 0 Å². The van der Waals surface area contributed by atoms with E-state index < -0.39 is 21.1 Å². The number of benzene rings is 1. The summed E-state index contributed by atoms with van der Waals surface area (Å²) in [6.07, 6.45) is 1.21. The molecule has 2 atom stereocenters. The van der Waals surface area contributed by atoms with Crippen molar-refractivity contribution in [1.29, 1.82) is 0 Å². The maximum Gasteiger partial charge on any atom is 0.293 e. The lowest BCUT2D eigenvalue weighted by Crippen LogP contribution is -2.39. The maximum absolute atomic E-state index is 11.8. The first-order valence-corrected chi connectivity index (χ1v) is 8.89. The highest BCUT2D eigenvalue weighted by Gasteiger charge is 2.29. The van der Waals surface area contributed by atoms with Crippen molar-refractivity contribution in [3.05, 3.63) is 28.3 Å². The lowest BCUT2D eigenvalue weighted by atomic mass is 9.93. The highest BCUT2D eigenvalue weighted by molar-refractivity contribution is 7.89. The predicted molar refractivity (Wildman–Crippen MR) is 86.0 cm³/mol. The number of aliphatic hydroxyl groups is 1. The number of hydrogen-bond acceptors (Lipinski definition) is 6. The molecular formula is C14H21N3O5S. The second-order valence-electron chi connectivity index (χ2n) is 5.70. The molecule has 1 heterocycles. The highest BCUT2D eigenvalue weighted by Crippen LogP contribution is 2.34. The number of nitro benzene ring substituents is 1. The smallest absolute Gasteiger partial charge is 0.293 e. The van der Waals surface area contributed by atoms with E-state index in [0.29, 0.717) is 18.8 Å². The van der Waals surface area contributed by atoms with Crippen LogP contribution >= 0.6 is 0 Å². The molecule has 1 fully saturated rings. The van der Waals surface area contributed by atoms with Gasteiger partial charge in [-0.3, -0.25) is 10.1 Å². The number of nitrogens with one attached hydrogen (secondary N) is 1. The standard InChI is InChI=1S/C14H21N3O5S/c1-10(18)11-4-3-7-16(9-11)13-6-5-12(23(21,22)15-2)8-14(13)17(19)20/h5-6,8,10-11,15,18H,3-4,7,9H2,1-2H3. The summed E-state index contributed by atoms with van der Waals surface area (Å²) < 4.78 is 25.8. The fourth-order valence-electron chi connectivity index (χ4n) is 2.82. The van der Waals surface area contributed by atoms with Gasteiger partial charge in [-0.15, -0.1) is 0 Å². The van der Waals surface area contributed by atoms with Gasteiger partial charge in [0, 0.05) is 25.1 Å². The summed E-state index contributed by atoms with van der Waals surface area (Å²) in [5.74, 6) is 0.0454. The molecule has 1 saturated heterocycles. The summed E-state index contributed by atoms with van der Waals surface area (Å²) >= 11 is 0. The van der Waals surface area contributed by atoms with Gasteiger partial charge < -0.3 is 10.0 Å². The first-order valence-electron chi connectivity index (χ1n) is 7.41. The Morgan fingerprint density at radius 3 is 2.74 bits per heavy atom. The number of nitro groups is 1. The van der Waals surface area contributed by atoms with E-state index >= 15 is 0 Å². The molecular weight excluding hydrogens is 322 g/mol. The van der Waals surface area contributed by atoms with Crippen molar-refractivity contribution < 1.29 is 18.4 Å². The summed E-state index contributed by atoms with van der Waals surface area (Å²) in [7, 11) is -2.48. The largest absolute Gasteiger partial charge is 0.393 e. The average Bonchev–Trinajstić information content (AvgIpc) is 2.54. The lowest BCUT2D eigenvalue weighted by molar-refractivity contribution is -0.384. The topological polar surface area (TPSA) is 113 Å². The molecule has 2 unspecified atom stereocenters.